The highest BCUT2D eigenvalue weighted by Gasteiger charge is 2.09. The van der Waals surface area contributed by atoms with Crippen molar-refractivity contribution in [2.24, 2.45) is 5.92 Å². The molecular weight excluding hydrogens is 238 g/mol. The molecule has 110 valence electrons. The van der Waals surface area contributed by atoms with Crippen LogP contribution in [-0.2, 0) is 17.9 Å². The summed E-state index contributed by atoms with van der Waals surface area (Å²) in [6, 6.07) is 2.11. The maximum absolute atomic E-state index is 5.82. The molecule has 1 unspecified atom stereocenters. The Labute approximate surface area is 117 Å². The van der Waals surface area contributed by atoms with Crippen LogP contribution >= 0.6 is 0 Å². The Bertz CT molecular complexity index is 358. The van der Waals surface area contributed by atoms with Gasteiger partial charge in [0, 0.05) is 5.56 Å². The lowest BCUT2D eigenvalue weighted by molar-refractivity contribution is 0.0465. The molecule has 0 spiro atoms. The van der Waals surface area contributed by atoms with E-state index >= 15 is 0 Å². The number of aryl methyl sites for hydroxylation is 1. The van der Waals surface area contributed by atoms with Crippen LogP contribution in [0, 0.1) is 12.8 Å². The van der Waals surface area contributed by atoms with Gasteiger partial charge in [-0.2, -0.15) is 0 Å². The van der Waals surface area contributed by atoms with Crippen LogP contribution in [0.25, 0.3) is 0 Å². The second-order valence-corrected chi connectivity index (χ2v) is 5.73. The van der Waals surface area contributed by atoms with Crippen molar-refractivity contribution in [2.45, 2.75) is 66.7 Å². The SMILES string of the molecule is CCCC(C)OCc1cc(CNCC(C)C)oc1C. The van der Waals surface area contributed by atoms with Gasteiger partial charge in [0.1, 0.15) is 11.5 Å². The first-order chi connectivity index (χ1) is 9.02. The molecule has 19 heavy (non-hydrogen) atoms. The Balaban J connectivity index is 2.40. The Morgan fingerprint density at radius 3 is 2.68 bits per heavy atom. The fourth-order valence-electron chi connectivity index (χ4n) is 2.02. The van der Waals surface area contributed by atoms with Gasteiger partial charge < -0.3 is 14.5 Å². The summed E-state index contributed by atoms with van der Waals surface area (Å²) in [6.07, 6.45) is 2.59. The summed E-state index contributed by atoms with van der Waals surface area (Å²) in [5.74, 6) is 2.64. The molecule has 1 heterocycles. The van der Waals surface area contributed by atoms with Crippen molar-refractivity contribution in [3.05, 3.63) is 23.2 Å². The smallest absolute Gasteiger partial charge is 0.118 e. The Morgan fingerprint density at radius 2 is 2.05 bits per heavy atom. The summed E-state index contributed by atoms with van der Waals surface area (Å²) >= 11 is 0. The summed E-state index contributed by atoms with van der Waals surface area (Å²) < 4.78 is 11.6. The van der Waals surface area contributed by atoms with Crippen molar-refractivity contribution >= 4 is 0 Å². The first kappa shape index (κ1) is 16.3. The first-order valence-electron chi connectivity index (χ1n) is 7.43. The molecule has 0 fully saturated rings. The number of nitrogens with one attached hydrogen (secondary N) is 1. The Morgan fingerprint density at radius 1 is 1.32 bits per heavy atom. The molecule has 0 aliphatic carbocycles. The normalized spacial score (nSPS) is 13.2. The molecule has 1 aromatic heterocycles. The van der Waals surface area contributed by atoms with Crippen molar-refractivity contribution in [3.8, 4) is 0 Å². The molecule has 3 nitrogen and oxygen atoms in total. The minimum Gasteiger partial charge on any atom is -0.465 e. The molecule has 1 atom stereocenters. The van der Waals surface area contributed by atoms with Gasteiger partial charge in [-0.25, -0.2) is 0 Å². The van der Waals surface area contributed by atoms with Gasteiger partial charge >= 0.3 is 0 Å². The van der Waals surface area contributed by atoms with Crippen LogP contribution in [0.4, 0.5) is 0 Å². The van der Waals surface area contributed by atoms with E-state index in [4.69, 9.17) is 9.15 Å². The number of ether oxygens (including phenoxy) is 1. The van der Waals surface area contributed by atoms with Crippen LogP contribution in [0.3, 0.4) is 0 Å². The maximum Gasteiger partial charge on any atom is 0.118 e. The lowest BCUT2D eigenvalue weighted by Gasteiger charge is -2.10. The largest absolute Gasteiger partial charge is 0.465 e. The molecule has 3 heteroatoms. The molecule has 0 saturated carbocycles. The van der Waals surface area contributed by atoms with Crippen molar-refractivity contribution < 1.29 is 9.15 Å². The van der Waals surface area contributed by atoms with E-state index in [1.54, 1.807) is 0 Å². The van der Waals surface area contributed by atoms with E-state index in [2.05, 4.69) is 39.1 Å². The van der Waals surface area contributed by atoms with Gasteiger partial charge in [-0.3, -0.25) is 0 Å². The van der Waals surface area contributed by atoms with Gasteiger partial charge in [0.15, 0.2) is 0 Å². The van der Waals surface area contributed by atoms with E-state index in [1.807, 2.05) is 6.92 Å². The maximum atomic E-state index is 5.82. The second kappa shape index (κ2) is 8.39. The topological polar surface area (TPSA) is 34.4 Å². The zero-order chi connectivity index (χ0) is 14.3. The standard InChI is InChI=1S/C16H29NO2/c1-6-7-13(4)18-11-15-8-16(19-14(15)5)10-17-9-12(2)3/h8,12-13,17H,6-7,9-11H2,1-5H3. The number of hydrogen-bond donors (Lipinski definition) is 1. The lowest BCUT2D eigenvalue weighted by Crippen LogP contribution is -2.18. The summed E-state index contributed by atoms with van der Waals surface area (Å²) in [6.45, 7) is 13.2. The van der Waals surface area contributed by atoms with Crippen LogP contribution in [0.15, 0.2) is 10.5 Å². The van der Waals surface area contributed by atoms with Gasteiger partial charge in [-0.1, -0.05) is 27.2 Å². The number of hydrogen-bond acceptors (Lipinski definition) is 3. The zero-order valence-corrected chi connectivity index (χ0v) is 13.1. The van der Waals surface area contributed by atoms with Crippen molar-refractivity contribution in [1.29, 1.82) is 0 Å². The summed E-state index contributed by atoms with van der Waals surface area (Å²) in [5, 5.41) is 3.39. The van der Waals surface area contributed by atoms with E-state index in [-0.39, 0.29) is 0 Å². The van der Waals surface area contributed by atoms with Crippen LogP contribution in [0.5, 0.6) is 0 Å². The highest BCUT2D eigenvalue weighted by Crippen LogP contribution is 2.17. The van der Waals surface area contributed by atoms with Crippen molar-refractivity contribution in [1.82, 2.24) is 5.32 Å². The van der Waals surface area contributed by atoms with Gasteiger partial charge in [0.05, 0.1) is 19.3 Å². The Hall–Kier alpha value is -0.800. The van der Waals surface area contributed by atoms with E-state index in [0.717, 1.165) is 37.5 Å². The molecule has 0 saturated heterocycles. The van der Waals surface area contributed by atoms with Crippen LogP contribution in [0.1, 0.15) is 57.6 Å². The highest BCUT2D eigenvalue weighted by molar-refractivity contribution is 5.19. The van der Waals surface area contributed by atoms with Crippen LogP contribution in [-0.4, -0.2) is 12.6 Å². The molecule has 0 aliphatic heterocycles. The highest BCUT2D eigenvalue weighted by atomic mass is 16.5. The molecule has 0 radical (unpaired) electrons. The molecule has 0 aliphatic rings. The number of furan rings is 1. The van der Waals surface area contributed by atoms with Crippen LogP contribution < -0.4 is 5.32 Å². The third-order valence-corrected chi connectivity index (χ3v) is 3.14. The quantitative estimate of drug-likeness (QED) is 0.733. The van der Waals surface area contributed by atoms with E-state index < -0.39 is 0 Å². The predicted octanol–water partition coefficient (Wildman–Crippen LogP) is 4.04. The molecule has 1 aromatic rings. The fourth-order valence-corrected chi connectivity index (χ4v) is 2.02. The number of rotatable bonds is 9. The third-order valence-electron chi connectivity index (χ3n) is 3.14. The van der Waals surface area contributed by atoms with E-state index in [0.29, 0.717) is 18.6 Å². The molecule has 0 bridgehead atoms. The van der Waals surface area contributed by atoms with E-state index in [9.17, 15) is 0 Å². The minimum absolute atomic E-state index is 0.321. The van der Waals surface area contributed by atoms with Gasteiger partial charge in [0.25, 0.3) is 0 Å². The third kappa shape index (κ3) is 6.26. The molecule has 0 amide bonds. The lowest BCUT2D eigenvalue weighted by atomic mass is 10.2. The zero-order valence-electron chi connectivity index (χ0n) is 13.1. The van der Waals surface area contributed by atoms with Crippen LogP contribution in [0.2, 0.25) is 0 Å². The monoisotopic (exact) mass is 267 g/mol. The molecule has 1 rings (SSSR count). The molecular formula is C16H29NO2. The predicted molar refractivity (Wildman–Crippen MR) is 79.1 cm³/mol. The second-order valence-electron chi connectivity index (χ2n) is 5.73. The average molecular weight is 267 g/mol. The van der Waals surface area contributed by atoms with Gasteiger partial charge in [-0.15, -0.1) is 0 Å². The fraction of sp³-hybridized carbons (Fsp3) is 0.750. The van der Waals surface area contributed by atoms with E-state index in [1.165, 1.54) is 5.56 Å². The average Bonchev–Trinajstić information content (AvgIpc) is 2.67. The summed E-state index contributed by atoms with van der Waals surface area (Å²) in [5.41, 5.74) is 1.17. The van der Waals surface area contributed by atoms with Gasteiger partial charge in [-0.05, 0) is 38.8 Å². The first-order valence-corrected chi connectivity index (χ1v) is 7.43. The summed E-state index contributed by atoms with van der Waals surface area (Å²) in [7, 11) is 0. The van der Waals surface area contributed by atoms with Crippen molar-refractivity contribution in [3.63, 3.8) is 0 Å². The van der Waals surface area contributed by atoms with Gasteiger partial charge in [0.2, 0.25) is 0 Å². The van der Waals surface area contributed by atoms with Crippen molar-refractivity contribution in [2.75, 3.05) is 6.54 Å². The molecule has 1 N–H and O–H groups in total. The Kier molecular flexibility index (Phi) is 7.17. The molecule has 0 aromatic carbocycles. The summed E-state index contributed by atoms with van der Waals surface area (Å²) in [4.78, 5) is 0. The minimum atomic E-state index is 0.321.